The minimum absolute atomic E-state index is 0.408. The summed E-state index contributed by atoms with van der Waals surface area (Å²) in [7, 11) is -3.32. The van der Waals surface area contributed by atoms with Gasteiger partial charge in [0.25, 0.3) is 0 Å². The lowest BCUT2D eigenvalue weighted by Crippen LogP contribution is -2.24. The van der Waals surface area contributed by atoms with Crippen LogP contribution >= 0.6 is 11.3 Å². The predicted octanol–water partition coefficient (Wildman–Crippen LogP) is 2.86. The van der Waals surface area contributed by atoms with Crippen molar-refractivity contribution in [1.29, 1.82) is 0 Å². The maximum atomic E-state index is 12.1. The molecule has 0 bridgehead atoms. The van der Waals surface area contributed by atoms with Crippen molar-refractivity contribution in [2.75, 3.05) is 6.54 Å². The Morgan fingerprint density at radius 3 is 2.80 bits per heavy atom. The number of rotatable bonds is 10. The smallest absolute Gasteiger partial charge is 0.241 e. The third-order valence-electron chi connectivity index (χ3n) is 3.40. The van der Waals surface area contributed by atoms with Crippen LogP contribution in [-0.2, 0) is 16.6 Å². The summed E-state index contributed by atoms with van der Waals surface area (Å²) in [4.78, 5) is 1.49. The van der Waals surface area contributed by atoms with Gasteiger partial charge in [-0.15, -0.1) is 11.3 Å². The van der Waals surface area contributed by atoms with E-state index in [2.05, 4.69) is 17.0 Å². The third-order valence-corrected chi connectivity index (χ3v) is 5.93. The molecule has 0 unspecified atom stereocenters. The van der Waals surface area contributed by atoms with E-state index in [0.717, 1.165) is 37.1 Å². The molecular weight excluding hydrogens is 292 g/mol. The van der Waals surface area contributed by atoms with E-state index in [4.69, 9.17) is 0 Å². The first-order valence-electron chi connectivity index (χ1n) is 7.42. The van der Waals surface area contributed by atoms with E-state index in [-0.39, 0.29) is 0 Å². The Labute approximate surface area is 126 Å². The third kappa shape index (κ3) is 5.16. The summed E-state index contributed by atoms with van der Waals surface area (Å²) in [5.41, 5.74) is 0. The van der Waals surface area contributed by atoms with Gasteiger partial charge in [0.2, 0.25) is 10.0 Å². The summed E-state index contributed by atoms with van der Waals surface area (Å²) >= 11 is 1.51. The van der Waals surface area contributed by atoms with Crippen LogP contribution in [-0.4, -0.2) is 21.0 Å². The van der Waals surface area contributed by atoms with E-state index < -0.39 is 10.0 Å². The molecule has 2 N–H and O–H groups in total. The fourth-order valence-corrected chi connectivity index (χ4v) is 4.27. The minimum atomic E-state index is -3.32. The quantitative estimate of drug-likeness (QED) is 0.653. The average molecular weight is 316 g/mol. The summed E-state index contributed by atoms with van der Waals surface area (Å²) in [6.45, 7) is 3.46. The monoisotopic (exact) mass is 316 g/mol. The molecule has 2 rings (SSSR count). The van der Waals surface area contributed by atoms with Crippen molar-refractivity contribution in [2.24, 2.45) is 0 Å². The number of sulfonamides is 1. The molecule has 1 heterocycles. The van der Waals surface area contributed by atoms with Gasteiger partial charge in [0.15, 0.2) is 0 Å². The maximum Gasteiger partial charge on any atom is 0.241 e. The lowest BCUT2D eigenvalue weighted by atomic mass is 10.2. The van der Waals surface area contributed by atoms with Crippen molar-refractivity contribution < 1.29 is 8.42 Å². The molecule has 0 radical (unpaired) electrons. The molecule has 0 saturated heterocycles. The highest BCUT2D eigenvalue weighted by molar-refractivity contribution is 7.89. The van der Waals surface area contributed by atoms with E-state index in [1.54, 1.807) is 11.4 Å². The molecule has 0 amide bonds. The fraction of sp³-hybridized carbons (Fsp3) is 0.714. The minimum Gasteiger partial charge on any atom is -0.309 e. The molecule has 0 aliphatic heterocycles. The zero-order valence-corrected chi connectivity index (χ0v) is 13.7. The van der Waals surface area contributed by atoms with Crippen LogP contribution in [0.5, 0.6) is 0 Å². The van der Waals surface area contributed by atoms with Crippen LogP contribution in [0.3, 0.4) is 0 Å². The van der Waals surface area contributed by atoms with Gasteiger partial charge in [0.05, 0.1) is 4.90 Å². The van der Waals surface area contributed by atoms with Crippen LogP contribution in [0.1, 0.15) is 50.3 Å². The highest BCUT2D eigenvalue weighted by Crippen LogP contribution is 2.22. The Hall–Kier alpha value is -0.430. The zero-order valence-electron chi connectivity index (χ0n) is 12.0. The SMILES string of the molecule is CCCCCCNS(=O)(=O)c1csc(CNC2CC2)c1. The largest absolute Gasteiger partial charge is 0.309 e. The molecule has 1 aliphatic rings. The van der Waals surface area contributed by atoms with Crippen molar-refractivity contribution in [3.05, 3.63) is 16.3 Å². The standard InChI is InChI=1S/C14H24N2O2S2/c1-2-3-4-5-8-16-20(17,18)14-9-13(19-11-14)10-15-12-6-7-12/h9,11-12,15-16H,2-8,10H2,1H3. The Bertz CT molecular complexity index is 507. The highest BCUT2D eigenvalue weighted by atomic mass is 32.2. The molecule has 1 aliphatic carbocycles. The van der Waals surface area contributed by atoms with Gasteiger partial charge in [0, 0.05) is 29.4 Å². The second-order valence-corrected chi connectivity index (χ2v) is 8.13. The van der Waals surface area contributed by atoms with Crippen molar-refractivity contribution in [2.45, 2.75) is 62.9 Å². The molecule has 114 valence electrons. The normalized spacial score (nSPS) is 15.7. The fourth-order valence-electron chi connectivity index (χ4n) is 1.97. The van der Waals surface area contributed by atoms with Crippen molar-refractivity contribution in [3.8, 4) is 0 Å². The second-order valence-electron chi connectivity index (χ2n) is 5.36. The van der Waals surface area contributed by atoms with Gasteiger partial charge in [-0.3, -0.25) is 0 Å². The first-order chi connectivity index (χ1) is 9.62. The molecule has 20 heavy (non-hydrogen) atoms. The zero-order chi connectivity index (χ0) is 14.4. The molecule has 1 aromatic heterocycles. The van der Waals surface area contributed by atoms with E-state index in [0.29, 0.717) is 17.5 Å². The maximum absolute atomic E-state index is 12.1. The van der Waals surface area contributed by atoms with E-state index in [1.165, 1.54) is 24.2 Å². The molecular formula is C14H24N2O2S2. The number of unbranched alkanes of at least 4 members (excludes halogenated alkanes) is 3. The van der Waals surface area contributed by atoms with E-state index in [9.17, 15) is 8.42 Å². The lowest BCUT2D eigenvalue weighted by molar-refractivity contribution is 0.574. The summed E-state index contributed by atoms with van der Waals surface area (Å²) in [6, 6.07) is 2.43. The predicted molar refractivity (Wildman–Crippen MR) is 83.5 cm³/mol. The Morgan fingerprint density at radius 2 is 2.10 bits per heavy atom. The van der Waals surface area contributed by atoms with E-state index in [1.807, 2.05) is 0 Å². The van der Waals surface area contributed by atoms with Gasteiger partial charge >= 0.3 is 0 Å². The van der Waals surface area contributed by atoms with Gasteiger partial charge in [-0.25, -0.2) is 13.1 Å². The molecule has 0 aromatic carbocycles. The van der Waals surface area contributed by atoms with Crippen molar-refractivity contribution >= 4 is 21.4 Å². The van der Waals surface area contributed by atoms with Crippen molar-refractivity contribution in [3.63, 3.8) is 0 Å². The number of hydrogen-bond acceptors (Lipinski definition) is 4. The molecule has 1 saturated carbocycles. The van der Waals surface area contributed by atoms with Crippen LogP contribution in [0.25, 0.3) is 0 Å². The molecule has 4 nitrogen and oxygen atoms in total. The lowest BCUT2D eigenvalue weighted by Gasteiger charge is -2.04. The molecule has 1 aromatic rings. The van der Waals surface area contributed by atoms with Gasteiger partial charge < -0.3 is 5.32 Å². The Morgan fingerprint density at radius 1 is 1.30 bits per heavy atom. The highest BCUT2D eigenvalue weighted by Gasteiger charge is 2.21. The molecule has 0 spiro atoms. The van der Waals surface area contributed by atoms with Crippen molar-refractivity contribution in [1.82, 2.24) is 10.0 Å². The van der Waals surface area contributed by atoms with Gasteiger partial charge in [-0.1, -0.05) is 26.2 Å². The average Bonchev–Trinajstić information content (AvgIpc) is 3.12. The second kappa shape index (κ2) is 7.54. The van der Waals surface area contributed by atoms with Gasteiger partial charge in [0.1, 0.15) is 0 Å². The number of nitrogens with one attached hydrogen (secondary N) is 2. The molecule has 0 atom stereocenters. The number of hydrogen-bond donors (Lipinski definition) is 2. The van der Waals surface area contributed by atoms with Crippen LogP contribution in [0.4, 0.5) is 0 Å². The summed E-state index contributed by atoms with van der Waals surface area (Å²) < 4.78 is 26.9. The first-order valence-corrected chi connectivity index (χ1v) is 9.78. The Kier molecular flexibility index (Phi) is 6.01. The van der Waals surface area contributed by atoms with Crippen LogP contribution in [0.2, 0.25) is 0 Å². The topological polar surface area (TPSA) is 58.2 Å². The van der Waals surface area contributed by atoms with Crippen LogP contribution in [0.15, 0.2) is 16.3 Å². The van der Waals surface area contributed by atoms with Crippen LogP contribution < -0.4 is 10.0 Å². The summed E-state index contributed by atoms with van der Waals surface area (Å²) in [6.07, 6.45) is 6.81. The summed E-state index contributed by atoms with van der Waals surface area (Å²) in [5.74, 6) is 0. The van der Waals surface area contributed by atoms with Crippen LogP contribution in [0, 0.1) is 0 Å². The molecule has 6 heteroatoms. The first kappa shape index (κ1) is 15.9. The Balaban J connectivity index is 1.78. The summed E-state index contributed by atoms with van der Waals surface area (Å²) in [5, 5.41) is 5.13. The van der Waals surface area contributed by atoms with E-state index >= 15 is 0 Å². The molecule has 1 fully saturated rings. The number of thiophene rings is 1. The van der Waals surface area contributed by atoms with Gasteiger partial charge in [-0.05, 0) is 25.3 Å². The van der Waals surface area contributed by atoms with Gasteiger partial charge in [-0.2, -0.15) is 0 Å².